The summed E-state index contributed by atoms with van der Waals surface area (Å²) < 4.78 is 6.17. The second-order valence-electron chi connectivity index (χ2n) is 9.77. The molecule has 0 saturated carbocycles. The number of benzene rings is 3. The van der Waals surface area contributed by atoms with Gasteiger partial charge < -0.3 is 9.32 Å². The quantitative estimate of drug-likeness (QED) is 0.352. The van der Waals surface area contributed by atoms with Crippen molar-refractivity contribution in [3.05, 3.63) is 116 Å². The molecule has 0 saturated heterocycles. The number of hydrogen-bond donors (Lipinski definition) is 0. The van der Waals surface area contributed by atoms with Gasteiger partial charge >= 0.3 is 0 Å². The summed E-state index contributed by atoms with van der Waals surface area (Å²) in [6, 6.07) is 19.7. The van der Waals surface area contributed by atoms with Gasteiger partial charge in [-0.25, -0.2) is 0 Å². The van der Waals surface area contributed by atoms with Gasteiger partial charge in [0.1, 0.15) is 5.58 Å². The molecule has 5 rings (SSSR count). The monoisotopic (exact) mass is 451 g/mol. The lowest BCUT2D eigenvalue weighted by molar-refractivity contribution is 0.0714. The maximum Gasteiger partial charge on any atom is 0.291 e. The van der Waals surface area contributed by atoms with Gasteiger partial charge in [0.15, 0.2) is 5.43 Å². The Hall–Kier alpha value is -3.66. The highest BCUT2D eigenvalue weighted by atomic mass is 16.3. The van der Waals surface area contributed by atoms with Gasteiger partial charge in [-0.1, -0.05) is 74.0 Å². The highest BCUT2D eigenvalue weighted by Crippen LogP contribution is 2.40. The summed E-state index contributed by atoms with van der Waals surface area (Å²) in [6.45, 7) is 10.6. The zero-order valence-electron chi connectivity index (χ0n) is 20.3. The number of hydrogen-bond acceptors (Lipinski definition) is 3. The van der Waals surface area contributed by atoms with Crippen LogP contribution in [-0.4, -0.2) is 10.8 Å². The molecule has 0 N–H and O–H groups in total. The molecule has 172 valence electrons. The molecule has 4 nitrogen and oxygen atoms in total. The Morgan fingerprint density at radius 2 is 1.56 bits per heavy atom. The second-order valence-corrected chi connectivity index (χ2v) is 9.77. The minimum Gasteiger partial charge on any atom is -0.450 e. The van der Waals surface area contributed by atoms with Crippen molar-refractivity contribution in [1.82, 2.24) is 4.90 Å². The molecule has 1 amide bonds. The number of rotatable bonds is 4. The van der Waals surface area contributed by atoms with Crippen molar-refractivity contribution in [2.45, 2.75) is 53.1 Å². The van der Waals surface area contributed by atoms with Crippen LogP contribution in [0.3, 0.4) is 0 Å². The Morgan fingerprint density at radius 1 is 0.882 bits per heavy atom. The number of carbonyl (C=O) groups is 1. The molecule has 3 aromatic carbocycles. The summed E-state index contributed by atoms with van der Waals surface area (Å²) in [7, 11) is 0. The lowest BCUT2D eigenvalue weighted by atomic mass is 9.94. The van der Waals surface area contributed by atoms with Gasteiger partial charge in [0, 0.05) is 6.54 Å². The van der Waals surface area contributed by atoms with E-state index < -0.39 is 6.04 Å². The summed E-state index contributed by atoms with van der Waals surface area (Å²) in [5.41, 5.74) is 6.96. The van der Waals surface area contributed by atoms with E-state index in [1.54, 1.807) is 4.90 Å². The maximum atomic E-state index is 13.9. The zero-order valence-corrected chi connectivity index (χ0v) is 20.3. The van der Waals surface area contributed by atoms with Gasteiger partial charge in [0.05, 0.1) is 17.0 Å². The summed E-state index contributed by atoms with van der Waals surface area (Å²) in [4.78, 5) is 29.3. The maximum absolute atomic E-state index is 13.9. The van der Waals surface area contributed by atoms with Crippen LogP contribution < -0.4 is 5.43 Å². The Bertz CT molecular complexity index is 1460. The smallest absolute Gasteiger partial charge is 0.291 e. The van der Waals surface area contributed by atoms with Crippen LogP contribution in [0.4, 0.5) is 0 Å². The Labute approximate surface area is 199 Å². The summed E-state index contributed by atoms with van der Waals surface area (Å²) in [5.74, 6) is 0.314. The fraction of sp³-hybridized carbons (Fsp3) is 0.267. The van der Waals surface area contributed by atoms with Crippen LogP contribution in [0.5, 0.6) is 0 Å². The number of aryl methyl sites for hydroxylation is 3. The molecule has 4 aromatic rings. The van der Waals surface area contributed by atoms with Crippen LogP contribution in [0.2, 0.25) is 0 Å². The molecular formula is C30H29NO3. The van der Waals surface area contributed by atoms with E-state index in [2.05, 4.69) is 26.0 Å². The lowest BCUT2D eigenvalue weighted by Crippen LogP contribution is -2.29. The van der Waals surface area contributed by atoms with E-state index in [1.807, 2.05) is 69.3 Å². The van der Waals surface area contributed by atoms with E-state index in [1.165, 1.54) is 5.56 Å². The first-order valence-corrected chi connectivity index (χ1v) is 11.8. The van der Waals surface area contributed by atoms with E-state index in [9.17, 15) is 9.59 Å². The molecule has 0 radical (unpaired) electrons. The van der Waals surface area contributed by atoms with Crippen LogP contribution in [0, 0.1) is 20.8 Å². The van der Waals surface area contributed by atoms with Gasteiger partial charge in [-0.3, -0.25) is 9.59 Å². The summed E-state index contributed by atoms with van der Waals surface area (Å²) in [5, 5.41) is 0.554. The van der Waals surface area contributed by atoms with Gasteiger partial charge in [0.25, 0.3) is 5.91 Å². The molecule has 1 aromatic heterocycles. The van der Waals surface area contributed by atoms with Gasteiger partial charge in [0.2, 0.25) is 5.76 Å². The van der Waals surface area contributed by atoms with E-state index in [-0.39, 0.29) is 17.1 Å². The van der Waals surface area contributed by atoms with Crippen LogP contribution in [0.1, 0.15) is 75.3 Å². The Morgan fingerprint density at radius 3 is 2.21 bits per heavy atom. The van der Waals surface area contributed by atoms with Crippen molar-refractivity contribution in [3.63, 3.8) is 0 Å². The highest BCUT2D eigenvalue weighted by molar-refractivity contribution is 5.99. The first-order chi connectivity index (χ1) is 16.2. The van der Waals surface area contributed by atoms with Gasteiger partial charge in [-0.05, 0) is 60.6 Å². The third kappa shape index (κ3) is 3.63. The Kier molecular flexibility index (Phi) is 5.40. The first kappa shape index (κ1) is 22.1. The molecule has 1 aliphatic heterocycles. The predicted molar refractivity (Wildman–Crippen MR) is 135 cm³/mol. The molecule has 1 aliphatic rings. The molecule has 0 aliphatic carbocycles. The molecule has 0 bridgehead atoms. The average Bonchev–Trinajstić information content (AvgIpc) is 3.07. The van der Waals surface area contributed by atoms with Gasteiger partial charge in [-0.15, -0.1) is 0 Å². The van der Waals surface area contributed by atoms with E-state index >= 15 is 0 Å². The van der Waals surface area contributed by atoms with Crippen molar-refractivity contribution in [3.8, 4) is 0 Å². The topological polar surface area (TPSA) is 50.5 Å². The average molecular weight is 452 g/mol. The molecule has 1 unspecified atom stereocenters. The van der Waals surface area contributed by atoms with Crippen LogP contribution in [-0.2, 0) is 6.54 Å². The third-order valence-electron chi connectivity index (χ3n) is 6.80. The van der Waals surface area contributed by atoms with Crippen LogP contribution in [0.25, 0.3) is 11.0 Å². The third-order valence-corrected chi connectivity index (χ3v) is 6.80. The Balaban J connectivity index is 1.72. The molecular weight excluding hydrogens is 422 g/mol. The molecule has 2 heterocycles. The fourth-order valence-electron chi connectivity index (χ4n) is 4.98. The molecule has 1 atom stereocenters. The molecule has 0 spiro atoms. The first-order valence-electron chi connectivity index (χ1n) is 11.8. The summed E-state index contributed by atoms with van der Waals surface area (Å²) >= 11 is 0. The highest BCUT2D eigenvalue weighted by Gasteiger charge is 2.42. The van der Waals surface area contributed by atoms with Crippen LogP contribution in [0.15, 0.2) is 69.9 Å². The van der Waals surface area contributed by atoms with Crippen molar-refractivity contribution in [1.29, 1.82) is 0 Å². The minimum absolute atomic E-state index is 0.119. The van der Waals surface area contributed by atoms with Crippen molar-refractivity contribution >= 4 is 16.9 Å². The number of carbonyl (C=O) groups excluding carboxylic acids is 1. The van der Waals surface area contributed by atoms with Crippen molar-refractivity contribution < 1.29 is 9.21 Å². The van der Waals surface area contributed by atoms with Crippen LogP contribution >= 0.6 is 0 Å². The SMILES string of the molecule is Cc1ccc(CN2C(=O)c3oc4cc(C)cc(C)c4c(=O)c3C2c2ccc(C(C)C)cc2)cc1. The number of fused-ring (bicyclic) bond motifs is 2. The van der Waals surface area contributed by atoms with E-state index in [4.69, 9.17) is 4.42 Å². The normalized spacial score (nSPS) is 15.4. The molecule has 4 heteroatoms. The fourth-order valence-corrected chi connectivity index (χ4v) is 4.98. The number of amides is 1. The molecule has 0 fully saturated rings. The molecule has 34 heavy (non-hydrogen) atoms. The lowest BCUT2D eigenvalue weighted by Gasteiger charge is -2.25. The summed E-state index contributed by atoms with van der Waals surface area (Å²) in [6.07, 6.45) is 0. The van der Waals surface area contributed by atoms with Crippen molar-refractivity contribution in [2.75, 3.05) is 0 Å². The zero-order chi connectivity index (χ0) is 24.1. The minimum atomic E-state index is -0.494. The van der Waals surface area contributed by atoms with E-state index in [0.29, 0.717) is 29.0 Å². The van der Waals surface area contributed by atoms with Crippen molar-refractivity contribution in [2.24, 2.45) is 0 Å². The van der Waals surface area contributed by atoms with Gasteiger partial charge in [-0.2, -0.15) is 0 Å². The standard InChI is InChI=1S/C30H29NO3/c1-17(2)22-10-12-23(13-11-22)27-26-28(32)25-20(5)14-19(4)15-24(25)34-29(26)30(33)31(27)16-21-8-6-18(3)7-9-21/h6-15,17,27H,16H2,1-5H3. The predicted octanol–water partition coefficient (Wildman–Crippen LogP) is 6.59. The number of nitrogens with zero attached hydrogens (tertiary/aromatic N) is 1. The second kappa shape index (κ2) is 8.28. The largest absolute Gasteiger partial charge is 0.450 e. The van der Waals surface area contributed by atoms with E-state index in [0.717, 1.165) is 27.8 Å².